The average Bonchev–Trinajstić information content (AvgIpc) is 3.08. The Kier molecular flexibility index (Phi) is 4.02. The minimum absolute atomic E-state index is 0.0381. The molecule has 1 aliphatic carbocycles. The van der Waals surface area contributed by atoms with Gasteiger partial charge in [0.15, 0.2) is 0 Å². The molecule has 0 spiro atoms. The molecule has 0 aromatic rings. The van der Waals surface area contributed by atoms with E-state index < -0.39 is 5.41 Å². The summed E-state index contributed by atoms with van der Waals surface area (Å²) >= 11 is 8.86. The Morgan fingerprint density at radius 1 is 1.50 bits per heavy atom. The summed E-state index contributed by atoms with van der Waals surface area (Å²) in [5.41, 5.74) is 5.11. The minimum atomic E-state index is -0.498. The number of carbonyl (C=O) groups is 1. The number of thiocarbonyl (C=S) groups is 1. The van der Waals surface area contributed by atoms with E-state index in [9.17, 15) is 4.79 Å². The fraction of sp³-hybridized carbons (Fsp3) is 0.800. The van der Waals surface area contributed by atoms with Gasteiger partial charge in [-0.05, 0) is 12.8 Å². The lowest BCUT2D eigenvalue weighted by molar-refractivity contribution is -0.123. The molecule has 1 heterocycles. The van der Waals surface area contributed by atoms with Crippen LogP contribution in [0.15, 0.2) is 0 Å². The number of hydrogen-bond acceptors (Lipinski definition) is 4. The molecule has 6 heteroatoms. The lowest BCUT2D eigenvalue weighted by atomic mass is 10.1. The van der Waals surface area contributed by atoms with E-state index in [0.29, 0.717) is 10.2 Å². The van der Waals surface area contributed by atoms with E-state index in [-0.39, 0.29) is 5.91 Å². The molecule has 2 fully saturated rings. The van der Waals surface area contributed by atoms with Gasteiger partial charge >= 0.3 is 0 Å². The van der Waals surface area contributed by atoms with E-state index in [1.807, 2.05) is 23.5 Å². The van der Waals surface area contributed by atoms with Crippen molar-refractivity contribution in [2.24, 2.45) is 11.1 Å². The predicted molar refractivity (Wildman–Crippen MR) is 75.0 cm³/mol. The Hall–Kier alpha value is 0.0600. The highest BCUT2D eigenvalue weighted by atomic mass is 32.2. The molecule has 2 rings (SSSR count). The van der Waals surface area contributed by atoms with Crippen molar-refractivity contribution in [1.29, 1.82) is 0 Å². The normalized spacial score (nSPS) is 27.1. The van der Waals surface area contributed by atoms with Crippen molar-refractivity contribution >= 4 is 46.6 Å². The van der Waals surface area contributed by atoms with Crippen LogP contribution in [-0.4, -0.2) is 39.9 Å². The zero-order valence-corrected chi connectivity index (χ0v) is 11.5. The first kappa shape index (κ1) is 12.5. The first-order valence-electron chi connectivity index (χ1n) is 5.43. The van der Waals surface area contributed by atoms with Gasteiger partial charge in [0.05, 0.1) is 10.4 Å². The van der Waals surface area contributed by atoms with Gasteiger partial charge in [-0.2, -0.15) is 23.5 Å². The minimum Gasteiger partial charge on any atom is -0.392 e. The van der Waals surface area contributed by atoms with Gasteiger partial charge in [-0.15, -0.1) is 0 Å². The first-order valence-corrected chi connectivity index (χ1v) is 8.04. The second-order valence-corrected chi connectivity index (χ2v) is 7.22. The summed E-state index contributed by atoms with van der Waals surface area (Å²) in [6.45, 7) is 0.751. The molecule has 0 aromatic heterocycles. The van der Waals surface area contributed by atoms with E-state index in [1.54, 1.807) is 0 Å². The fourth-order valence-electron chi connectivity index (χ4n) is 1.74. The average molecular weight is 276 g/mol. The molecule has 3 nitrogen and oxygen atoms in total. The van der Waals surface area contributed by atoms with Crippen LogP contribution in [0.25, 0.3) is 0 Å². The maximum atomic E-state index is 11.9. The second-order valence-electron chi connectivity index (χ2n) is 4.22. The molecule has 2 aliphatic rings. The highest BCUT2D eigenvalue weighted by Crippen LogP contribution is 2.46. The molecule has 1 aliphatic heterocycles. The molecule has 1 atom stereocenters. The Balaban J connectivity index is 1.77. The van der Waals surface area contributed by atoms with Crippen LogP contribution in [-0.2, 0) is 4.79 Å². The Labute approximate surface area is 110 Å². The summed E-state index contributed by atoms with van der Waals surface area (Å²) in [6.07, 6.45) is 1.64. The molecular formula is C10H16N2OS3. The van der Waals surface area contributed by atoms with Gasteiger partial charge in [0.1, 0.15) is 0 Å². The zero-order chi connectivity index (χ0) is 11.6. The molecule has 1 saturated carbocycles. The fourth-order valence-corrected chi connectivity index (χ4v) is 4.65. The third-order valence-corrected chi connectivity index (χ3v) is 6.27. The number of thioether (sulfide) groups is 2. The topological polar surface area (TPSA) is 55.1 Å². The van der Waals surface area contributed by atoms with Crippen molar-refractivity contribution in [2.45, 2.75) is 18.1 Å². The van der Waals surface area contributed by atoms with Crippen LogP contribution in [0.2, 0.25) is 0 Å². The molecular weight excluding hydrogens is 260 g/mol. The van der Waals surface area contributed by atoms with Crippen molar-refractivity contribution in [3.05, 3.63) is 0 Å². The maximum absolute atomic E-state index is 11.9. The van der Waals surface area contributed by atoms with Crippen molar-refractivity contribution in [1.82, 2.24) is 5.32 Å². The molecule has 16 heavy (non-hydrogen) atoms. The number of hydrogen-bond donors (Lipinski definition) is 2. The Morgan fingerprint density at radius 2 is 2.25 bits per heavy atom. The van der Waals surface area contributed by atoms with Gasteiger partial charge in [0.25, 0.3) is 0 Å². The van der Waals surface area contributed by atoms with Gasteiger partial charge < -0.3 is 11.1 Å². The highest BCUT2D eigenvalue weighted by molar-refractivity contribution is 8.06. The number of nitrogens with two attached hydrogens (primary N) is 1. The van der Waals surface area contributed by atoms with Crippen LogP contribution in [0.5, 0.6) is 0 Å². The highest BCUT2D eigenvalue weighted by Gasteiger charge is 2.52. The van der Waals surface area contributed by atoms with E-state index in [2.05, 4.69) is 5.32 Å². The lowest BCUT2D eigenvalue weighted by Gasteiger charge is -2.22. The largest absolute Gasteiger partial charge is 0.392 e. The van der Waals surface area contributed by atoms with Crippen LogP contribution in [0.3, 0.4) is 0 Å². The third kappa shape index (κ3) is 2.65. The molecule has 0 aromatic carbocycles. The number of amides is 1. The quantitative estimate of drug-likeness (QED) is 0.751. The molecule has 0 bridgehead atoms. The first-order chi connectivity index (χ1) is 7.65. The van der Waals surface area contributed by atoms with Crippen LogP contribution in [0, 0.1) is 5.41 Å². The number of rotatable bonds is 4. The van der Waals surface area contributed by atoms with Gasteiger partial charge in [-0.1, -0.05) is 12.2 Å². The van der Waals surface area contributed by atoms with Crippen LogP contribution in [0.4, 0.5) is 0 Å². The Morgan fingerprint density at radius 3 is 2.75 bits per heavy atom. The molecule has 0 radical (unpaired) electrons. The van der Waals surface area contributed by atoms with E-state index in [0.717, 1.165) is 25.1 Å². The molecule has 90 valence electrons. The smallest absolute Gasteiger partial charge is 0.233 e. The summed E-state index contributed by atoms with van der Waals surface area (Å²) in [6, 6.07) is 0. The number of carbonyl (C=O) groups excluding carboxylic acids is 1. The molecule has 1 saturated heterocycles. The molecule has 1 amide bonds. The third-order valence-electron chi connectivity index (χ3n) is 3.03. The SMILES string of the molecule is NC(=S)C1(C(=O)NCC2CSCCS2)CC1. The predicted octanol–water partition coefficient (Wildman–Crippen LogP) is 1.02. The zero-order valence-electron chi connectivity index (χ0n) is 9.03. The van der Waals surface area contributed by atoms with Gasteiger partial charge in [-0.3, -0.25) is 4.79 Å². The maximum Gasteiger partial charge on any atom is 0.233 e. The molecule has 3 N–H and O–H groups in total. The van der Waals surface area contributed by atoms with Gasteiger partial charge in [0, 0.05) is 29.1 Å². The summed E-state index contributed by atoms with van der Waals surface area (Å²) in [7, 11) is 0. The van der Waals surface area contributed by atoms with Crippen molar-refractivity contribution in [3.63, 3.8) is 0 Å². The lowest BCUT2D eigenvalue weighted by Crippen LogP contribution is -2.42. The monoisotopic (exact) mass is 276 g/mol. The summed E-state index contributed by atoms with van der Waals surface area (Å²) in [5, 5.41) is 3.54. The van der Waals surface area contributed by atoms with Crippen LogP contribution < -0.4 is 11.1 Å². The standard InChI is InChI=1S/C10H16N2OS3/c11-8(14)10(1-2-10)9(13)12-5-7-6-15-3-4-16-7/h7H,1-6H2,(H2,11,14)(H,12,13). The van der Waals surface area contributed by atoms with Gasteiger partial charge in [-0.25, -0.2) is 0 Å². The van der Waals surface area contributed by atoms with E-state index in [1.165, 1.54) is 11.5 Å². The van der Waals surface area contributed by atoms with E-state index >= 15 is 0 Å². The van der Waals surface area contributed by atoms with Crippen molar-refractivity contribution < 1.29 is 4.79 Å². The summed E-state index contributed by atoms with van der Waals surface area (Å²) in [5.74, 6) is 3.58. The van der Waals surface area contributed by atoms with Crippen molar-refractivity contribution in [2.75, 3.05) is 23.8 Å². The van der Waals surface area contributed by atoms with Crippen LogP contribution >= 0.6 is 35.7 Å². The van der Waals surface area contributed by atoms with Crippen LogP contribution in [0.1, 0.15) is 12.8 Å². The second kappa shape index (κ2) is 5.14. The van der Waals surface area contributed by atoms with E-state index in [4.69, 9.17) is 18.0 Å². The summed E-state index contributed by atoms with van der Waals surface area (Å²) in [4.78, 5) is 12.3. The number of nitrogens with one attached hydrogen (secondary N) is 1. The van der Waals surface area contributed by atoms with Crippen molar-refractivity contribution in [3.8, 4) is 0 Å². The molecule has 1 unspecified atom stereocenters. The Bertz CT molecular complexity index is 298. The summed E-state index contributed by atoms with van der Waals surface area (Å²) < 4.78 is 0. The van der Waals surface area contributed by atoms with Gasteiger partial charge in [0.2, 0.25) is 5.91 Å².